The van der Waals surface area contributed by atoms with E-state index in [-0.39, 0.29) is 66.1 Å². The Bertz CT molecular complexity index is 2720. The summed E-state index contributed by atoms with van der Waals surface area (Å²) in [5, 5.41) is 16.5. The minimum absolute atomic E-state index is 0.0170. The topological polar surface area (TPSA) is 218 Å². The van der Waals surface area contributed by atoms with E-state index < -0.39 is 51.2 Å². The molecule has 2 aromatic carbocycles. The number of pyridine rings is 1. The third kappa shape index (κ3) is 9.27. The van der Waals surface area contributed by atoms with Gasteiger partial charge >= 0.3 is 5.69 Å². The van der Waals surface area contributed by atoms with Crippen molar-refractivity contribution in [2.75, 3.05) is 38.3 Å². The summed E-state index contributed by atoms with van der Waals surface area (Å²) in [5.74, 6) is -0.773. The van der Waals surface area contributed by atoms with Crippen molar-refractivity contribution in [1.82, 2.24) is 33.7 Å². The molecule has 17 nitrogen and oxygen atoms in total. The highest BCUT2D eigenvalue weighted by Gasteiger charge is 2.40. The van der Waals surface area contributed by atoms with Gasteiger partial charge in [0.15, 0.2) is 0 Å². The van der Waals surface area contributed by atoms with Gasteiger partial charge < -0.3 is 19.9 Å². The number of benzene rings is 2. The lowest BCUT2D eigenvalue weighted by Gasteiger charge is -2.28. The Morgan fingerprint density at radius 2 is 1.77 bits per heavy atom. The van der Waals surface area contributed by atoms with Crippen molar-refractivity contribution in [2.45, 2.75) is 87.8 Å². The molecule has 4 heterocycles. The Morgan fingerprint density at radius 1 is 1.00 bits per heavy atom. The highest BCUT2D eigenvalue weighted by molar-refractivity contribution is 7.89. The van der Waals surface area contributed by atoms with Crippen LogP contribution in [0.1, 0.15) is 80.6 Å². The minimum Gasteiger partial charge on any atom is -0.388 e. The monoisotopic (exact) mass is 866 g/mol. The fourth-order valence-corrected chi connectivity index (χ4v) is 9.17. The fourth-order valence-electron chi connectivity index (χ4n) is 8.08. The highest BCUT2D eigenvalue weighted by Crippen LogP contribution is 2.40. The number of ether oxygens (including phenoxy) is 2. The van der Waals surface area contributed by atoms with Gasteiger partial charge in [0.05, 0.1) is 53.0 Å². The molecule has 0 bridgehead atoms. The van der Waals surface area contributed by atoms with Crippen LogP contribution in [0.25, 0.3) is 22.1 Å². The zero-order chi connectivity index (χ0) is 43.6. The van der Waals surface area contributed by atoms with Gasteiger partial charge in [-0.3, -0.25) is 33.4 Å². The summed E-state index contributed by atoms with van der Waals surface area (Å²) in [6.07, 6.45) is 1.54. The molecule has 0 spiro atoms. The van der Waals surface area contributed by atoms with Crippen LogP contribution < -0.4 is 26.6 Å². The Labute approximate surface area is 349 Å². The van der Waals surface area contributed by atoms with Gasteiger partial charge in [0, 0.05) is 43.9 Å². The molecular formula is C41H48F2N8O9S. The van der Waals surface area contributed by atoms with Crippen LogP contribution in [0.15, 0.2) is 63.1 Å². The number of imidazole rings is 1. The van der Waals surface area contributed by atoms with Gasteiger partial charge in [-0.25, -0.2) is 31.7 Å². The Hall–Kier alpha value is -5.41. The lowest BCUT2D eigenvalue weighted by Crippen LogP contribution is -2.44. The molecule has 1 saturated heterocycles. The zero-order valence-electron chi connectivity index (χ0n) is 33.9. The Kier molecular flexibility index (Phi) is 12.8. The number of nitrogens with one attached hydrogen (secondary N) is 3. The molecule has 2 amide bonds. The van der Waals surface area contributed by atoms with E-state index in [1.807, 2.05) is 18.2 Å². The van der Waals surface area contributed by atoms with Gasteiger partial charge in [-0.15, -0.1) is 0 Å². The fraction of sp³-hybridized carbons (Fsp3) is 0.463. The maximum Gasteiger partial charge on any atom is 0.329 e. The summed E-state index contributed by atoms with van der Waals surface area (Å²) in [4.78, 5) is 59.1. The van der Waals surface area contributed by atoms with Crippen molar-refractivity contribution in [3.63, 3.8) is 0 Å². The smallest absolute Gasteiger partial charge is 0.329 e. The molecule has 1 saturated carbocycles. The molecule has 1 unspecified atom stereocenters. The molecule has 2 aliphatic rings. The molecule has 1 aliphatic carbocycles. The van der Waals surface area contributed by atoms with Crippen molar-refractivity contribution >= 4 is 55.5 Å². The van der Waals surface area contributed by atoms with E-state index in [1.165, 1.54) is 27.5 Å². The molecule has 5 aromatic rings. The number of carbonyl (C=O) groups is 2. The number of rotatable bonds is 17. The van der Waals surface area contributed by atoms with Gasteiger partial charge in [-0.2, -0.15) is 4.98 Å². The molecular weight excluding hydrogens is 819 g/mol. The quantitative estimate of drug-likeness (QED) is 0.0775. The lowest BCUT2D eigenvalue weighted by molar-refractivity contribution is -0.135. The van der Waals surface area contributed by atoms with E-state index in [0.29, 0.717) is 67.6 Å². The van der Waals surface area contributed by atoms with E-state index >= 15 is 0 Å². The second-order valence-corrected chi connectivity index (χ2v) is 17.4. The molecule has 3 atom stereocenters. The first-order valence-corrected chi connectivity index (χ1v) is 21.5. The standard InChI is InChI=1S/C41H48F2N8O9S/c1-24-20-27(9-10-29(24)46-39-44-23-26-22-28(35(42)43)38(54)51(36(26)48-39)33-7-4-14-41(33,2)56)61(57,58)45-15-17-60-19-18-59-16-5-6-25-8-11-30-32(21-25)49(3)40(55)50(30)31-12-13-34(52)47-37(31)53/h8-11,20-23,31,33,35,45,56H,4-7,12-19H2,1-3H3,(H,44,46,48)(H,47,52,53)/t31?,33-,41-/m1/s1. The number of alkyl halides is 2. The number of imide groups is 1. The molecule has 1 aliphatic heterocycles. The number of hydrogen-bond donors (Lipinski definition) is 4. The molecule has 0 radical (unpaired) electrons. The SMILES string of the molecule is Cc1cc(S(=O)(=O)NCCOCCOCCCc2ccc3c(c2)n(C)c(=O)n3C2CCC(=O)NC2=O)ccc1Nc1ncc2cc(C(F)F)c(=O)n([C@@H]3CCC[C@@]3(C)O)c2n1. The van der Waals surface area contributed by atoms with Gasteiger partial charge in [0.25, 0.3) is 12.0 Å². The third-order valence-corrected chi connectivity index (χ3v) is 12.8. The Balaban J connectivity index is 0.861. The first-order chi connectivity index (χ1) is 29.1. The number of piperidine rings is 1. The van der Waals surface area contributed by atoms with Crippen LogP contribution >= 0.6 is 0 Å². The average Bonchev–Trinajstić information content (AvgIpc) is 3.68. The number of anilines is 2. The van der Waals surface area contributed by atoms with Crippen LogP contribution in [0.2, 0.25) is 0 Å². The number of amides is 2. The average molecular weight is 867 g/mol. The first-order valence-electron chi connectivity index (χ1n) is 20.0. The largest absolute Gasteiger partial charge is 0.388 e. The molecule has 4 N–H and O–H groups in total. The summed E-state index contributed by atoms with van der Waals surface area (Å²) in [5.41, 5.74) is 0.182. The van der Waals surface area contributed by atoms with Crippen LogP contribution in [-0.2, 0) is 42.6 Å². The van der Waals surface area contributed by atoms with Crippen LogP contribution in [0, 0.1) is 6.92 Å². The molecule has 2 fully saturated rings. The predicted octanol–water partition coefficient (Wildman–Crippen LogP) is 3.83. The molecule has 61 heavy (non-hydrogen) atoms. The number of halogens is 2. The molecule has 3 aromatic heterocycles. The maximum absolute atomic E-state index is 13.8. The lowest BCUT2D eigenvalue weighted by atomic mass is 9.99. The number of aliphatic hydroxyl groups is 1. The second kappa shape index (κ2) is 17.9. The van der Waals surface area contributed by atoms with E-state index in [4.69, 9.17) is 9.47 Å². The summed E-state index contributed by atoms with van der Waals surface area (Å²) in [6.45, 7) is 4.41. The second-order valence-electron chi connectivity index (χ2n) is 15.6. The van der Waals surface area contributed by atoms with Crippen LogP contribution in [0.4, 0.5) is 20.4 Å². The van der Waals surface area contributed by atoms with Crippen LogP contribution in [0.5, 0.6) is 0 Å². The number of aryl methyl sites for hydroxylation is 3. The van der Waals surface area contributed by atoms with Crippen molar-refractivity contribution < 1.29 is 41.4 Å². The normalized spacial score (nSPS) is 19.7. The Morgan fingerprint density at radius 3 is 2.48 bits per heavy atom. The van der Waals surface area contributed by atoms with E-state index in [9.17, 15) is 41.5 Å². The summed E-state index contributed by atoms with van der Waals surface area (Å²) in [6, 6.07) is 9.63. The third-order valence-electron chi connectivity index (χ3n) is 11.3. The number of carbonyl (C=O) groups excluding carboxylic acids is 2. The van der Waals surface area contributed by atoms with Crippen LogP contribution in [-0.4, -0.2) is 87.6 Å². The highest BCUT2D eigenvalue weighted by atomic mass is 32.2. The van der Waals surface area contributed by atoms with Gasteiger partial charge in [-0.1, -0.05) is 6.07 Å². The zero-order valence-corrected chi connectivity index (χ0v) is 34.8. The van der Waals surface area contributed by atoms with Gasteiger partial charge in [0.2, 0.25) is 27.8 Å². The summed E-state index contributed by atoms with van der Waals surface area (Å²) >= 11 is 0. The number of aromatic nitrogens is 5. The summed E-state index contributed by atoms with van der Waals surface area (Å²) < 4.78 is 71.7. The number of hydrogen-bond acceptors (Lipinski definition) is 12. The van der Waals surface area contributed by atoms with Crippen molar-refractivity contribution in [3.8, 4) is 0 Å². The maximum atomic E-state index is 13.8. The first kappa shape index (κ1) is 43.7. The van der Waals surface area contributed by atoms with E-state index in [1.54, 1.807) is 27.0 Å². The molecule has 326 valence electrons. The molecule has 7 rings (SSSR count). The van der Waals surface area contributed by atoms with Gasteiger partial charge in [-0.05, 0) is 99.9 Å². The predicted molar refractivity (Wildman–Crippen MR) is 220 cm³/mol. The number of fused-ring (bicyclic) bond motifs is 2. The van der Waals surface area contributed by atoms with Crippen molar-refractivity contribution in [1.29, 1.82) is 0 Å². The van der Waals surface area contributed by atoms with E-state index in [2.05, 4.69) is 25.3 Å². The van der Waals surface area contributed by atoms with Gasteiger partial charge in [0.1, 0.15) is 11.7 Å². The van der Waals surface area contributed by atoms with Crippen molar-refractivity contribution in [2.24, 2.45) is 7.05 Å². The summed E-state index contributed by atoms with van der Waals surface area (Å²) in [7, 11) is -2.24. The number of nitrogens with zero attached hydrogens (tertiary/aromatic N) is 5. The molecule has 20 heteroatoms. The van der Waals surface area contributed by atoms with E-state index in [0.717, 1.165) is 16.2 Å². The van der Waals surface area contributed by atoms with Crippen molar-refractivity contribution in [3.05, 3.63) is 86.2 Å². The van der Waals surface area contributed by atoms with Crippen LogP contribution in [0.3, 0.4) is 0 Å². The number of sulfonamides is 1. The minimum atomic E-state index is -3.90.